The van der Waals surface area contributed by atoms with Crippen molar-refractivity contribution in [3.05, 3.63) is 17.6 Å². The molecule has 1 aliphatic rings. The first-order chi connectivity index (χ1) is 7.34. The van der Waals surface area contributed by atoms with Gasteiger partial charge >= 0.3 is 0 Å². The van der Waals surface area contributed by atoms with Crippen molar-refractivity contribution >= 4 is 0 Å². The molecule has 15 heavy (non-hydrogen) atoms. The van der Waals surface area contributed by atoms with Crippen LogP contribution in [0, 0.1) is 6.92 Å². The van der Waals surface area contributed by atoms with Gasteiger partial charge in [0.15, 0.2) is 5.82 Å². The molecule has 5 nitrogen and oxygen atoms in total. The molecule has 0 amide bonds. The summed E-state index contributed by atoms with van der Waals surface area (Å²) in [7, 11) is 0. The van der Waals surface area contributed by atoms with Crippen molar-refractivity contribution in [1.82, 2.24) is 25.0 Å². The summed E-state index contributed by atoms with van der Waals surface area (Å²) >= 11 is 0. The minimum atomic E-state index is 0.896. The Morgan fingerprint density at radius 3 is 3.07 bits per heavy atom. The topological polar surface area (TPSA) is 59.4 Å². The number of nitrogens with zero attached hydrogens (tertiary/aromatic N) is 4. The van der Waals surface area contributed by atoms with E-state index in [2.05, 4.69) is 25.0 Å². The molecule has 78 valence electrons. The van der Waals surface area contributed by atoms with E-state index in [4.69, 9.17) is 0 Å². The summed E-state index contributed by atoms with van der Waals surface area (Å²) in [5.74, 6) is 1.99. The van der Waals surface area contributed by atoms with E-state index in [1.54, 1.807) is 0 Å². The van der Waals surface area contributed by atoms with Crippen LogP contribution in [0.5, 0.6) is 0 Å². The fourth-order valence-electron chi connectivity index (χ4n) is 2.03. The number of rotatable bonds is 1. The smallest absolute Gasteiger partial charge is 0.184 e. The van der Waals surface area contributed by atoms with Gasteiger partial charge in [-0.25, -0.2) is 0 Å². The van der Waals surface area contributed by atoms with E-state index < -0.39 is 0 Å². The molecule has 3 heterocycles. The number of H-pyrrole nitrogens is 1. The summed E-state index contributed by atoms with van der Waals surface area (Å²) in [6.45, 7) is 3.01. The molecule has 0 aliphatic carbocycles. The second kappa shape index (κ2) is 3.18. The highest BCUT2D eigenvalue weighted by atomic mass is 15.3. The maximum atomic E-state index is 4.22. The molecule has 0 aromatic carbocycles. The molecule has 1 N–H and O–H groups in total. The molecule has 0 atom stereocenters. The van der Waals surface area contributed by atoms with Gasteiger partial charge in [0.2, 0.25) is 0 Å². The van der Waals surface area contributed by atoms with Crippen molar-refractivity contribution < 1.29 is 0 Å². The minimum Gasteiger partial charge on any atom is -0.310 e. The Morgan fingerprint density at radius 1 is 1.33 bits per heavy atom. The number of aromatic nitrogens is 5. The number of hydrogen-bond donors (Lipinski definition) is 1. The van der Waals surface area contributed by atoms with Crippen LogP contribution < -0.4 is 0 Å². The summed E-state index contributed by atoms with van der Waals surface area (Å²) in [6, 6.07) is 2.01. The second-order valence-electron chi connectivity index (χ2n) is 3.98. The molecule has 2 aromatic heterocycles. The first kappa shape index (κ1) is 8.64. The number of aryl methyl sites for hydroxylation is 2. The Kier molecular flexibility index (Phi) is 1.83. The van der Waals surface area contributed by atoms with Crippen LogP contribution in [0.1, 0.15) is 24.4 Å². The molecule has 0 radical (unpaired) electrons. The zero-order chi connectivity index (χ0) is 10.3. The predicted molar refractivity (Wildman–Crippen MR) is 55.3 cm³/mol. The van der Waals surface area contributed by atoms with Crippen molar-refractivity contribution in [2.45, 2.75) is 32.7 Å². The molecule has 0 saturated carbocycles. The Bertz CT molecular complexity index is 482. The summed E-state index contributed by atoms with van der Waals surface area (Å²) in [5, 5.41) is 15.6. The lowest BCUT2D eigenvalue weighted by molar-refractivity contribution is 0.525. The minimum absolute atomic E-state index is 0.896. The van der Waals surface area contributed by atoms with Gasteiger partial charge in [-0.05, 0) is 25.8 Å². The Labute approximate surface area is 87.5 Å². The number of aromatic amines is 1. The van der Waals surface area contributed by atoms with Crippen LogP contribution >= 0.6 is 0 Å². The molecule has 0 unspecified atom stereocenters. The van der Waals surface area contributed by atoms with Gasteiger partial charge < -0.3 is 4.57 Å². The standard InChI is InChI=1S/C10H13N5/c1-7-6-8(12-11-7)10-14-13-9-4-2-3-5-15(9)10/h6H,2-5H2,1H3,(H,11,12). The van der Waals surface area contributed by atoms with Crippen LogP contribution in [0.4, 0.5) is 0 Å². The lowest BCUT2D eigenvalue weighted by Crippen LogP contribution is -2.11. The molecule has 0 saturated heterocycles. The highest BCUT2D eigenvalue weighted by molar-refractivity contribution is 5.49. The fourth-order valence-corrected chi connectivity index (χ4v) is 2.03. The fraction of sp³-hybridized carbons (Fsp3) is 0.500. The second-order valence-corrected chi connectivity index (χ2v) is 3.98. The summed E-state index contributed by atoms with van der Waals surface area (Å²) in [5.41, 5.74) is 1.95. The van der Waals surface area contributed by atoms with E-state index in [-0.39, 0.29) is 0 Å². The Hall–Kier alpha value is -1.65. The van der Waals surface area contributed by atoms with Gasteiger partial charge in [-0.2, -0.15) is 5.10 Å². The van der Waals surface area contributed by atoms with Crippen molar-refractivity contribution in [3.63, 3.8) is 0 Å². The quantitative estimate of drug-likeness (QED) is 0.760. The van der Waals surface area contributed by atoms with Gasteiger partial charge in [0, 0.05) is 18.7 Å². The van der Waals surface area contributed by atoms with E-state index in [1.807, 2.05) is 13.0 Å². The van der Waals surface area contributed by atoms with Gasteiger partial charge in [0.25, 0.3) is 0 Å². The van der Waals surface area contributed by atoms with E-state index >= 15 is 0 Å². The highest BCUT2D eigenvalue weighted by Gasteiger charge is 2.18. The zero-order valence-electron chi connectivity index (χ0n) is 8.69. The predicted octanol–water partition coefficient (Wildman–Crippen LogP) is 1.31. The molecule has 0 spiro atoms. The molecule has 2 aromatic rings. The molecule has 0 fully saturated rings. The van der Waals surface area contributed by atoms with Gasteiger partial charge in [-0.3, -0.25) is 5.10 Å². The van der Waals surface area contributed by atoms with Gasteiger partial charge in [0.05, 0.1) is 0 Å². The van der Waals surface area contributed by atoms with Crippen molar-refractivity contribution in [1.29, 1.82) is 0 Å². The van der Waals surface area contributed by atoms with E-state index in [1.165, 1.54) is 12.8 Å². The third-order valence-corrected chi connectivity index (χ3v) is 2.79. The van der Waals surface area contributed by atoms with Crippen LogP contribution in [0.25, 0.3) is 11.5 Å². The van der Waals surface area contributed by atoms with Crippen LogP contribution in [0.15, 0.2) is 6.07 Å². The van der Waals surface area contributed by atoms with Crippen LogP contribution in [-0.2, 0) is 13.0 Å². The molecular formula is C10H13N5. The molecule has 3 rings (SSSR count). The molecular weight excluding hydrogens is 190 g/mol. The average Bonchev–Trinajstić information content (AvgIpc) is 2.83. The first-order valence-electron chi connectivity index (χ1n) is 5.29. The highest BCUT2D eigenvalue weighted by Crippen LogP contribution is 2.21. The van der Waals surface area contributed by atoms with Crippen LogP contribution in [0.3, 0.4) is 0 Å². The van der Waals surface area contributed by atoms with Crippen LogP contribution in [0.2, 0.25) is 0 Å². The number of nitrogens with one attached hydrogen (secondary N) is 1. The van der Waals surface area contributed by atoms with Crippen molar-refractivity contribution in [3.8, 4) is 11.5 Å². The summed E-state index contributed by atoms with van der Waals surface area (Å²) in [6.07, 6.45) is 3.47. The zero-order valence-corrected chi connectivity index (χ0v) is 8.69. The van der Waals surface area contributed by atoms with E-state index in [0.717, 1.165) is 36.0 Å². The SMILES string of the molecule is Cc1cc(-c2nnc3n2CCCC3)n[nH]1. The molecule has 5 heteroatoms. The lowest BCUT2D eigenvalue weighted by Gasteiger charge is -2.13. The van der Waals surface area contributed by atoms with E-state index in [9.17, 15) is 0 Å². The monoisotopic (exact) mass is 203 g/mol. The largest absolute Gasteiger partial charge is 0.310 e. The third kappa shape index (κ3) is 1.35. The van der Waals surface area contributed by atoms with Gasteiger partial charge in [-0.15, -0.1) is 10.2 Å². The van der Waals surface area contributed by atoms with Crippen LogP contribution in [-0.4, -0.2) is 25.0 Å². The van der Waals surface area contributed by atoms with Crippen molar-refractivity contribution in [2.24, 2.45) is 0 Å². The molecule has 1 aliphatic heterocycles. The third-order valence-electron chi connectivity index (χ3n) is 2.79. The average molecular weight is 203 g/mol. The summed E-state index contributed by atoms with van der Waals surface area (Å²) in [4.78, 5) is 0. The van der Waals surface area contributed by atoms with Gasteiger partial charge in [-0.1, -0.05) is 0 Å². The lowest BCUT2D eigenvalue weighted by atomic mass is 10.1. The maximum Gasteiger partial charge on any atom is 0.184 e. The Balaban J connectivity index is 2.08. The first-order valence-corrected chi connectivity index (χ1v) is 5.29. The maximum absolute atomic E-state index is 4.22. The number of hydrogen-bond acceptors (Lipinski definition) is 3. The van der Waals surface area contributed by atoms with E-state index in [0.29, 0.717) is 0 Å². The Morgan fingerprint density at radius 2 is 2.27 bits per heavy atom. The number of fused-ring (bicyclic) bond motifs is 1. The van der Waals surface area contributed by atoms with Crippen molar-refractivity contribution in [2.75, 3.05) is 0 Å². The molecule has 0 bridgehead atoms. The van der Waals surface area contributed by atoms with Gasteiger partial charge in [0.1, 0.15) is 11.5 Å². The summed E-state index contributed by atoms with van der Waals surface area (Å²) < 4.78 is 2.18. The normalized spacial score (nSPS) is 15.3.